The van der Waals surface area contributed by atoms with Crippen molar-refractivity contribution in [3.8, 4) is 17.6 Å². The number of carboxylic acids is 1. The zero-order valence-corrected chi connectivity index (χ0v) is 29.1. The van der Waals surface area contributed by atoms with Gasteiger partial charge in [0.05, 0.1) is 30.2 Å². The lowest BCUT2D eigenvalue weighted by Crippen LogP contribution is -2.21. The second-order valence-electron chi connectivity index (χ2n) is 10.4. The summed E-state index contributed by atoms with van der Waals surface area (Å²) in [5.41, 5.74) is 1.61. The predicted octanol–water partition coefficient (Wildman–Crippen LogP) is 9.43. The van der Waals surface area contributed by atoms with E-state index in [4.69, 9.17) is 21.4 Å². The highest BCUT2D eigenvalue weighted by Crippen LogP contribution is 2.36. The number of alkyl halides is 3. The summed E-state index contributed by atoms with van der Waals surface area (Å²) in [5.74, 6) is 4.35. The van der Waals surface area contributed by atoms with Crippen molar-refractivity contribution >= 4 is 23.5 Å². The summed E-state index contributed by atoms with van der Waals surface area (Å²) < 4.78 is 48.8. The van der Waals surface area contributed by atoms with Crippen LogP contribution in [-0.4, -0.2) is 36.8 Å². The first kappa shape index (κ1) is 42.5. The highest BCUT2D eigenvalue weighted by atomic mass is 35.5. The summed E-state index contributed by atoms with van der Waals surface area (Å²) in [6, 6.07) is 21.3. The number of allylic oxidation sites excluding steroid dienone is 4. The molecule has 0 heterocycles. The monoisotopic (exact) mass is 699 g/mol. The molecule has 0 aliphatic carbocycles. The second kappa shape index (κ2) is 24.6. The fourth-order valence-electron chi connectivity index (χ4n) is 4.22. The summed E-state index contributed by atoms with van der Waals surface area (Å²) in [4.78, 5) is 20.7. The molecule has 0 aliphatic rings. The first-order chi connectivity index (χ1) is 23.5. The predicted molar refractivity (Wildman–Crippen MR) is 190 cm³/mol. The van der Waals surface area contributed by atoms with Crippen molar-refractivity contribution in [3.05, 3.63) is 124 Å². The number of hydrogen-bond donors (Lipinski definition) is 2. The number of ether oxygens (including phenoxy) is 2. The van der Waals surface area contributed by atoms with Crippen molar-refractivity contribution in [3.63, 3.8) is 0 Å². The summed E-state index contributed by atoms with van der Waals surface area (Å²) >= 11 is 5.97. The number of carbonyl (C=O) groups excluding carboxylic acids is 1. The van der Waals surface area contributed by atoms with Gasteiger partial charge < -0.3 is 19.9 Å². The van der Waals surface area contributed by atoms with E-state index in [-0.39, 0.29) is 23.9 Å². The lowest BCUT2D eigenvalue weighted by Gasteiger charge is -2.18. The standard InChI is InChI=1S/C22H23ClF3N.C11H14O3.C6H8O2/c1-2-3-4-6-12-18(17-10-7-5-8-11-17)15-27-16-19-13-9-14-20(21(19)23)22(24,25)26;1-2-6-14-10-5-3-4-9(7-10)8-11(12)13;1-3-5-6(7)8-4-2/h2-11,13-14,18,27H,12,15-16H2,1H3;3-5,7H,2,6,8H2,1H3,(H,12,13);4H2,1-2H3/b3-2-,6-4-;;. The quantitative estimate of drug-likeness (QED) is 0.0755. The molecule has 3 aromatic rings. The van der Waals surface area contributed by atoms with Crippen molar-refractivity contribution in [1.82, 2.24) is 5.32 Å². The van der Waals surface area contributed by atoms with E-state index in [1.165, 1.54) is 11.6 Å². The van der Waals surface area contributed by atoms with Gasteiger partial charge in [-0.05, 0) is 74.4 Å². The number of carbonyl (C=O) groups is 2. The molecule has 3 aromatic carbocycles. The van der Waals surface area contributed by atoms with Gasteiger partial charge in [0.1, 0.15) is 5.75 Å². The van der Waals surface area contributed by atoms with Crippen molar-refractivity contribution in [1.29, 1.82) is 0 Å². The molecule has 3 rings (SSSR count). The van der Waals surface area contributed by atoms with Crippen molar-refractivity contribution in [2.75, 3.05) is 19.8 Å². The van der Waals surface area contributed by atoms with Crippen LogP contribution in [0.3, 0.4) is 0 Å². The average Bonchev–Trinajstić information content (AvgIpc) is 3.06. The van der Waals surface area contributed by atoms with Crippen LogP contribution in [0.5, 0.6) is 5.75 Å². The van der Waals surface area contributed by atoms with E-state index in [1.54, 1.807) is 32.0 Å². The Bertz CT molecular complexity index is 1530. The molecule has 264 valence electrons. The van der Waals surface area contributed by atoms with Gasteiger partial charge in [0.15, 0.2) is 0 Å². The van der Waals surface area contributed by atoms with Crippen LogP contribution in [0.2, 0.25) is 5.02 Å². The third-order valence-corrected chi connectivity index (χ3v) is 6.90. The van der Waals surface area contributed by atoms with Gasteiger partial charge in [-0.25, -0.2) is 4.79 Å². The zero-order valence-electron chi connectivity index (χ0n) is 28.4. The van der Waals surface area contributed by atoms with Crippen LogP contribution in [0.15, 0.2) is 97.1 Å². The molecule has 6 nitrogen and oxygen atoms in total. The van der Waals surface area contributed by atoms with Crippen LogP contribution < -0.4 is 10.1 Å². The molecule has 1 unspecified atom stereocenters. The minimum Gasteiger partial charge on any atom is -0.494 e. The molecule has 10 heteroatoms. The molecular weight excluding hydrogens is 655 g/mol. The molecule has 0 saturated heterocycles. The number of esters is 1. The minimum atomic E-state index is -4.45. The van der Waals surface area contributed by atoms with Gasteiger partial charge >= 0.3 is 18.1 Å². The van der Waals surface area contributed by atoms with Gasteiger partial charge in [0.25, 0.3) is 0 Å². The number of benzene rings is 3. The van der Waals surface area contributed by atoms with E-state index in [9.17, 15) is 22.8 Å². The molecule has 0 spiro atoms. The number of rotatable bonds is 14. The Kier molecular flexibility index (Phi) is 21.3. The van der Waals surface area contributed by atoms with Crippen LogP contribution in [0.25, 0.3) is 0 Å². The van der Waals surface area contributed by atoms with Crippen LogP contribution in [0.4, 0.5) is 13.2 Å². The van der Waals surface area contributed by atoms with E-state index in [2.05, 4.69) is 40.1 Å². The highest BCUT2D eigenvalue weighted by molar-refractivity contribution is 6.32. The molecule has 1 atom stereocenters. The van der Waals surface area contributed by atoms with Crippen LogP contribution >= 0.6 is 11.6 Å². The molecule has 0 aliphatic heterocycles. The van der Waals surface area contributed by atoms with Gasteiger partial charge in [0, 0.05) is 19.0 Å². The third-order valence-electron chi connectivity index (χ3n) is 6.45. The summed E-state index contributed by atoms with van der Waals surface area (Å²) in [7, 11) is 0. The molecule has 0 saturated carbocycles. The van der Waals surface area contributed by atoms with E-state index in [1.807, 2.05) is 62.4 Å². The van der Waals surface area contributed by atoms with Crippen LogP contribution in [0, 0.1) is 11.8 Å². The Hall–Kier alpha value is -4.52. The van der Waals surface area contributed by atoms with Crippen LogP contribution in [0.1, 0.15) is 68.7 Å². The Morgan fingerprint density at radius 1 is 1.02 bits per heavy atom. The molecule has 2 N–H and O–H groups in total. The topological polar surface area (TPSA) is 84.9 Å². The normalized spacial score (nSPS) is 11.3. The number of hydrogen-bond acceptors (Lipinski definition) is 5. The van der Waals surface area contributed by atoms with E-state index >= 15 is 0 Å². The Morgan fingerprint density at radius 2 is 1.73 bits per heavy atom. The van der Waals surface area contributed by atoms with E-state index < -0.39 is 23.7 Å². The lowest BCUT2D eigenvalue weighted by molar-refractivity contribution is -0.138. The maximum Gasteiger partial charge on any atom is 0.417 e. The number of aliphatic carboxylic acids is 1. The SMILES string of the molecule is C/C=C\C=C/CC(CNCc1cccc(C(F)(F)F)c1Cl)c1ccccc1.CC#CC(=O)OCC.CCCOc1cccc(CC(=O)O)c1. The molecule has 0 bridgehead atoms. The van der Waals surface area contributed by atoms with Gasteiger partial charge in [-0.2, -0.15) is 13.2 Å². The average molecular weight is 700 g/mol. The molecule has 0 aromatic heterocycles. The number of carboxylic acid groups (broad SMARTS) is 1. The maximum atomic E-state index is 13.0. The molecule has 49 heavy (non-hydrogen) atoms. The Labute approximate surface area is 293 Å². The smallest absolute Gasteiger partial charge is 0.417 e. The van der Waals surface area contributed by atoms with Gasteiger partial charge in [0.2, 0.25) is 0 Å². The summed E-state index contributed by atoms with van der Waals surface area (Å²) in [5, 5.41) is 11.6. The fraction of sp³-hybridized carbons (Fsp3) is 0.333. The van der Waals surface area contributed by atoms with Crippen molar-refractivity contribution < 1.29 is 37.3 Å². The van der Waals surface area contributed by atoms with Crippen molar-refractivity contribution in [2.45, 2.75) is 65.6 Å². The Morgan fingerprint density at radius 3 is 2.35 bits per heavy atom. The fourth-order valence-corrected chi connectivity index (χ4v) is 4.52. The van der Waals surface area contributed by atoms with Crippen molar-refractivity contribution in [2.24, 2.45) is 0 Å². The number of halogens is 4. The molecule has 0 amide bonds. The second-order valence-corrected chi connectivity index (χ2v) is 10.7. The summed E-state index contributed by atoms with van der Waals surface area (Å²) in [6.45, 7) is 9.30. The minimum absolute atomic E-state index is 0.0450. The largest absolute Gasteiger partial charge is 0.494 e. The third kappa shape index (κ3) is 18.6. The van der Waals surface area contributed by atoms with E-state index in [0.717, 1.165) is 30.2 Å². The lowest BCUT2D eigenvalue weighted by atomic mass is 9.95. The van der Waals surface area contributed by atoms with E-state index in [0.29, 0.717) is 25.3 Å². The zero-order chi connectivity index (χ0) is 36.5. The van der Waals surface area contributed by atoms with Gasteiger partial charge in [-0.15, -0.1) is 0 Å². The molecular formula is C39H45ClF3NO5. The van der Waals surface area contributed by atoms with Gasteiger partial charge in [-0.1, -0.05) is 103 Å². The highest BCUT2D eigenvalue weighted by Gasteiger charge is 2.33. The first-order valence-corrected chi connectivity index (χ1v) is 16.3. The first-order valence-electron chi connectivity index (χ1n) is 15.9. The maximum absolute atomic E-state index is 13.0. The Balaban J connectivity index is 0.000000452. The number of nitrogens with one attached hydrogen (secondary N) is 1. The van der Waals surface area contributed by atoms with Crippen LogP contribution in [-0.2, 0) is 33.5 Å². The molecule has 0 radical (unpaired) electrons. The summed E-state index contributed by atoms with van der Waals surface area (Å²) in [6.07, 6.45) is 5.40. The van der Waals surface area contributed by atoms with Gasteiger partial charge in [-0.3, -0.25) is 4.79 Å². The molecule has 0 fully saturated rings.